The fourth-order valence-electron chi connectivity index (χ4n) is 2.87. The molecule has 0 aliphatic carbocycles. The zero-order valence-electron chi connectivity index (χ0n) is 16.3. The molecule has 2 aromatic heterocycles. The molecule has 3 rings (SSSR count). The van der Waals surface area contributed by atoms with Crippen LogP contribution in [-0.4, -0.2) is 37.2 Å². The molecule has 0 saturated heterocycles. The molecule has 0 aliphatic rings. The van der Waals surface area contributed by atoms with Crippen molar-refractivity contribution in [2.24, 2.45) is 14.1 Å². The second-order valence-corrected chi connectivity index (χ2v) is 6.50. The number of hydrogen-bond donors (Lipinski definition) is 1. The van der Waals surface area contributed by atoms with Crippen LogP contribution in [0.1, 0.15) is 5.56 Å². The van der Waals surface area contributed by atoms with Crippen LogP contribution in [-0.2, 0) is 41.1 Å². The van der Waals surface area contributed by atoms with Gasteiger partial charge in [-0.25, -0.2) is 9.78 Å². The lowest BCUT2D eigenvalue weighted by atomic mass is 10.1. The minimum Gasteiger partial charge on any atom is -0.454 e. The Labute approximate surface area is 171 Å². The van der Waals surface area contributed by atoms with E-state index < -0.39 is 53.7 Å². The highest BCUT2D eigenvalue weighted by Crippen LogP contribution is 2.34. The highest BCUT2D eigenvalue weighted by Gasteiger charge is 2.33. The van der Waals surface area contributed by atoms with Crippen molar-refractivity contribution in [1.29, 1.82) is 0 Å². The predicted octanol–water partition coefficient (Wildman–Crippen LogP) is 0.634. The van der Waals surface area contributed by atoms with Gasteiger partial charge in [-0.1, -0.05) is 12.1 Å². The molecule has 164 valence electrons. The number of benzene rings is 1. The second-order valence-electron chi connectivity index (χ2n) is 6.50. The van der Waals surface area contributed by atoms with E-state index in [0.29, 0.717) is 0 Å². The van der Waals surface area contributed by atoms with E-state index in [4.69, 9.17) is 4.74 Å². The standard InChI is InChI=1S/C18H16F3N5O5/c1-24-15-14(16(29)25(2)17(24)30)26(9-22-15)7-13(28)31-8-12(27)23-11-6-4-3-5-10(11)18(19,20)21/h3-6,9H,7-8H2,1-2H3,(H,23,27). The Hall–Kier alpha value is -3.90. The molecule has 2 heterocycles. The molecule has 31 heavy (non-hydrogen) atoms. The summed E-state index contributed by atoms with van der Waals surface area (Å²) in [4.78, 5) is 52.2. The molecule has 0 atom stereocenters. The Balaban J connectivity index is 1.69. The van der Waals surface area contributed by atoms with Crippen LogP contribution in [0.5, 0.6) is 0 Å². The van der Waals surface area contributed by atoms with Crippen molar-refractivity contribution in [3.63, 3.8) is 0 Å². The predicted molar refractivity (Wildman–Crippen MR) is 101 cm³/mol. The number of para-hydroxylation sites is 1. The van der Waals surface area contributed by atoms with Crippen molar-refractivity contribution in [2.75, 3.05) is 11.9 Å². The van der Waals surface area contributed by atoms with Crippen molar-refractivity contribution in [1.82, 2.24) is 18.7 Å². The number of nitrogens with one attached hydrogen (secondary N) is 1. The number of rotatable bonds is 5. The minimum absolute atomic E-state index is 0.0230. The monoisotopic (exact) mass is 439 g/mol. The summed E-state index contributed by atoms with van der Waals surface area (Å²) in [6.07, 6.45) is -3.51. The molecule has 0 bridgehead atoms. The average Bonchev–Trinajstić information content (AvgIpc) is 3.12. The fourth-order valence-corrected chi connectivity index (χ4v) is 2.87. The molecular weight excluding hydrogens is 423 g/mol. The molecule has 0 spiro atoms. The molecule has 1 amide bonds. The number of esters is 1. The van der Waals surface area contributed by atoms with Gasteiger partial charge in [-0.2, -0.15) is 13.2 Å². The number of fused-ring (bicyclic) bond motifs is 1. The third-order valence-electron chi connectivity index (χ3n) is 4.39. The number of carbonyl (C=O) groups is 2. The Bertz CT molecular complexity index is 1290. The Morgan fingerprint density at radius 2 is 1.81 bits per heavy atom. The van der Waals surface area contributed by atoms with Gasteiger partial charge in [0.1, 0.15) is 6.54 Å². The van der Waals surface area contributed by atoms with Crippen LogP contribution >= 0.6 is 0 Å². The van der Waals surface area contributed by atoms with Gasteiger partial charge in [0, 0.05) is 14.1 Å². The number of aromatic nitrogens is 4. The minimum atomic E-state index is -4.67. The van der Waals surface area contributed by atoms with Crippen molar-refractivity contribution in [3.8, 4) is 0 Å². The number of ether oxygens (including phenoxy) is 1. The molecule has 10 nitrogen and oxygen atoms in total. The van der Waals surface area contributed by atoms with Gasteiger partial charge in [-0.05, 0) is 12.1 Å². The number of imidazole rings is 1. The second kappa shape index (κ2) is 8.08. The third-order valence-corrected chi connectivity index (χ3v) is 4.39. The van der Waals surface area contributed by atoms with Crippen LogP contribution in [0, 0.1) is 0 Å². The van der Waals surface area contributed by atoms with Gasteiger partial charge in [0.25, 0.3) is 11.5 Å². The number of nitrogens with zero attached hydrogens (tertiary/aromatic N) is 4. The molecule has 13 heteroatoms. The number of amides is 1. The van der Waals surface area contributed by atoms with Crippen LogP contribution < -0.4 is 16.6 Å². The van der Waals surface area contributed by atoms with Gasteiger partial charge < -0.3 is 14.6 Å². The van der Waals surface area contributed by atoms with Crippen LogP contribution in [0.25, 0.3) is 11.2 Å². The molecule has 0 unspecified atom stereocenters. The largest absolute Gasteiger partial charge is 0.454 e. The van der Waals surface area contributed by atoms with Crippen LogP contribution in [0.2, 0.25) is 0 Å². The molecule has 3 aromatic rings. The van der Waals surface area contributed by atoms with Crippen molar-refractivity contribution < 1.29 is 27.5 Å². The first kappa shape index (κ1) is 21.8. The SMILES string of the molecule is Cn1c(=O)c2c(ncn2CC(=O)OCC(=O)Nc2ccccc2C(F)(F)F)n(C)c1=O. The zero-order chi connectivity index (χ0) is 22.9. The van der Waals surface area contributed by atoms with Gasteiger partial charge in [-0.15, -0.1) is 0 Å². The molecule has 0 radical (unpaired) electrons. The average molecular weight is 439 g/mol. The molecular formula is C18H16F3N5O5. The van der Waals surface area contributed by atoms with E-state index in [2.05, 4.69) is 4.98 Å². The van der Waals surface area contributed by atoms with E-state index in [1.165, 1.54) is 26.2 Å². The van der Waals surface area contributed by atoms with Crippen LogP contribution in [0.4, 0.5) is 18.9 Å². The summed E-state index contributed by atoms with van der Waals surface area (Å²) in [5, 5.41) is 2.04. The van der Waals surface area contributed by atoms with Gasteiger partial charge in [0.15, 0.2) is 17.8 Å². The molecule has 0 fully saturated rings. The van der Waals surface area contributed by atoms with Gasteiger partial charge in [-0.3, -0.25) is 23.5 Å². The zero-order valence-corrected chi connectivity index (χ0v) is 16.3. The van der Waals surface area contributed by atoms with E-state index in [1.807, 2.05) is 5.32 Å². The van der Waals surface area contributed by atoms with Crippen molar-refractivity contribution >= 4 is 28.7 Å². The first-order valence-electron chi connectivity index (χ1n) is 8.73. The number of hydrogen-bond acceptors (Lipinski definition) is 6. The summed E-state index contributed by atoms with van der Waals surface area (Å²) >= 11 is 0. The summed E-state index contributed by atoms with van der Waals surface area (Å²) in [6, 6.07) is 4.36. The lowest BCUT2D eigenvalue weighted by molar-refractivity contribution is -0.148. The highest BCUT2D eigenvalue weighted by atomic mass is 19.4. The van der Waals surface area contributed by atoms with Gasteiger partial charge >= 0.3 is 17.8 Å². The topological polar surface area (TPSA) is 117 Å². The van der Waals surface area contributed by atoms with E-state index in [9.17, 15) is 32.3 Å². The summed E-state index contributed by atoms with van der Waals surface area (Å²) in [7, 11) is 2.67. The van der Waals surface area contributed by atoms with Crippen LogP contribution in [0.15, 0.2) is 40.2 Å². The van der Waals surface area contributed by atoms with E-state index in [0.717, 1.165) is 32.2 Å². The fraction of sp³-hybridized carbons (Fsp3) is 0.278. The lowest BCUT2D eigenvalue weighted by Crippen LogP contribution is -2.37. The molecule has 1 aromatic carbocycles. The van der Waals surface area contributed by atoms with E-state index in [1.54, 1.807) is 0 Å². The first-order valence-corrected chi connectivity index (χ1v) is 8.73. The maximum absolute atomic E-state index is 13.0. The maximum atomic E-state index is 13.0. The first-order chi connectivity index (χ1) is 14.5. The molecule has 0 aliphatic heterocycles. The van der Waals surface area contributed by atoms with Gasteiger partial charge in [0.05, 0.1) is 17.6 Å². The Kier molecular flexibility index (Phi) is 5.69. The van der Waals surface area contributed by atoms with E-state index in [-0.39, 0.29) is 11.2 Å². The highest BCUT2D eigenvalue weighted by molar-refractivity contribution is 5.93. The number of aryl methyl sites for hydroxylation is 1. The number of carbonyl (C=O) groups excluding carboxylic acids is 2. The summed E-state index contributed by atoms with van der Waals surface area (Å²) in [5.74, 6) is -1.91. The third kappa shape index (κ3) is 4.34. The number of alkyl halides is 3. The van der Waals surface area contributed by atoms with E-state index >= 15 is 0 Å². The van der Waals surface area contributed by atoms with Crippen LogP contribution in [0.3, 0.4) is 0 Å². The maximum Gasteiger partial charge on any atom is 0.418 e. The Morgan fingerprint density at radius 1 is 1.13 bits per heavy atom. The lowest BCUT2D eigenvalue weighted by Gasteiger charge is -2.13. The Morgan fingerprint density at radius 3 is 2.48 bits per heavy atom. The van der Waals surface area contributed by atoms with Crippen molar-refractivity contribution in [3.05, 3.63) is 57.0 Å². The van der Waals surface area contributed by atoms with Gasteiger partial charge in [0.2, 0.25) is 0 Å². The summed E-state index contributed by atoms with van der Waals surface area (Å²) in [5.41, 5.74) is -2.75. The smallest absolute Gasteiger partial charge is 0.418 e. The summed E-state index contributed by atoms with van der Waals surface area (Å²) < 4.78 is 46.8. The summed E-state index contributed by atoms with van der Waals surface area (Å²) in [6.45, 7) is -1.34. The number of anilines is 1. The molecule has 0 saturated carbocycles. The molecule has 1 N–H and O–H groups in total. The quantitative estimate of drug-likeness (QED) is 0.583. The number of halogens is 3. The normalized spacial score (nSPS) is 11.5. The van der Waals surface area contributed by atoms with Crippen molar-refractivity contribution in [2.45, 2.75) is 12.7 Å².